The van der Waals surface area contributed by atoms with E-state index in [4.69, 9.17) is 0 Å². The van der Waals surface area contributed by atoms with Crippen LogP contribution in [0.25, 0.3) is 6.08 Å². The predicted molar refractivity (Wildman–Crippen MR) is 96.0 cm³/mol. The fraction of sp³-hybridized carbons (Fsp3) is 0.300. The summed E-state index contributed by atoms with van der Waals surface area (Å²) in [6.45, 7) is 7.62. The molecule has 2 nitrogen and oxygen atoms in total. The Labute approximate surface area is 133 Å². The van der Waals surface area contributed by atoms with E-state index in [1.54, 1.807) is 6.08 Å². The highest BCUT2D eigenvalue weighted by atomic mass is 16.3. The van der Waals surface area contributed by atoms with Crippen LogP contribution in [0.4, 0.5) is 5.69 Å². The summed E-state index contributed by atoms with van der Waals surface area (Å²) in [6, 6.07) is 8.59. The normalized spacial score (nSPS) is 17.5. The number of anilines is 1. The molecule has 0 atom stereocenters. The Morgan fingerprint density at radius 3 is 2.45 bits per heavy atom. The second kappa shape index (κ2) is 8.40. The van der Waals surface area contributed by atoms with Gasteiger partial charge in [-0.3, -0.25) is 0 Å². The molecule has 1 N–H and O–H groups in total. The average molecular weight is 295 g/mol. The lowest BCUT2D eigenvalue weighted by Gasteiger charge is -2.31. The molecule has 0 aliphatic carbocycles. The topological polar surface area (TPSA) is 23.5 Å². The molecule has 1 aliphatic heterocycles. The molecule has 0 amide bonds. The van der Waals surface area contributed by atoms with Crippen LogP contribution in [0.15, 0.2) is 66.8 Å². The lowest BCUT2D eigenvalue weighted by molar-refractivity contribution is 0.145. The molecule has 1 aliphatic rings. The molecule has 1 aromatic rings. The standard InChI is InChI=1S/C20H25NO/c1-3-5-17(6-4-2)7-8-18-9-11-19(12-10-18)21-15-13-20(22)14-16-21/h3-12,20,22H,1,13-16H2,2H3/b6-4-,8-7+,17-5+. The number of benzene rings is 1. The highest BCUT2D eigenvalue weighted by molar-refractivity contribution is 5.59. The number of rotatable bonds is 5. The van der Waals surface area contributed by atoms with Gasteiger partial charge in [-0.05, 0) is 43.0 Å². The number of hydrogen-bond donors (Lipinski definition) is 1. The quantitative estimate of drug-likeness (QED) is 0.816. The minimum atomic E-state index is -0.125. The number of aliphatic hydroxyl groups is 1. The third-order valence-corrected chi connectivity index (χ3v) is 3.86. The lowest BCUT2D eigenvalue weighted by atomic mass is 10.1. The van der Waals surface area contributed by atoms with Gasteiger partial charge in [-0.25, -0.2) is 0 Å². The number of nitrogens with zero attached hydrogens (tertiary/aromatic N) is 1. The lowest BCUT2D eigenvalue weighted by Crippen LogP contribution is -2.35. The highest BCUT2D eigenvalue weighted by Gasteiger charge is 2.16. The van der Waals surface area contributed by atoms with Gasteiger partial charge in [-0.15, -0.1) is 0 Å². The van der Waals surface area contributed by atoms with Gasteiger partial charge in [-0.2, -0.15) is 0 Å². The van der Waals surface area contributed by atoms with Gasteiger partial charge in [0.05, 0.1) is 6.10 Å². The van der Waals surface area contributed by atoms with Crippen molar-refractivity contribution in [1.29, 1.82) is 0 Å². The fourth-order valence-corrected chi connectivity index (χ4v) is 2.61. The zero-order valence-electron chi connectivity index (χ0n) is 13.3. The Bertz CT molecular complexity index is 558. The summed E-state index contributed by atoms with van der Waals surface area (Å²) in [5, 5.41) is 9.57. The Balaban J connectivity index is 2.02. The van der Waals surface area contributed by atoms with Crippen LogP contribution in [0.5, 0.6) is 0 Å². The van der Waals surface area contributed by atoms with Crippen LogP contribution in [0.2, 0.25) is 0 Å². The molecule has 0 bridgehead atoms. The maximum Gasteiger partial charge on any atom is 0.0574 e. The predicted octanol–water partition coefficient (Wildman–Crippen LogP) is 4.35. The molecule has 0 unspecified atom stereocenters. The van der Waals surface area contributed by atoms with E-state index >= 15 is 0 Å². The summed E-state index contributed by atoms with van der Waals surface area (Å²) in [6.07, 6.45) is 13.7. The van der Waals surface area contributed by atoms with Gasteiger partial charge in [0.15, 0.2) is 0 Å². The van der Waals surface area contributed by atoms with Gasteiger partial charge in [0, 0.05) is 18.8 Å². The molecule has 1 heterocycles. The van der Waals surface area contributed by atoms with Crippen LogP contribution in [-0.4, -0.2) is 24.3 Å². The van der Waals surface area contributed by atoms with E-state index in [1.807, 2.05) is 19.1 Å². The minimum absolute atomic E-state index is 0.125. The van der Waals surface area contributed by atoms with E-state index in [0.717, 1.165) is 31.5 Å². The number of aliphatic hydroxyl groups excluding tert-OH is 1. The van der Waals surface area contributed by atoms with Crippen LogP contribution < -0.4 is 4.90 Å². The average Bonchev–Trinajstić information content (AvgIpc) is 2.54. The van der Waals surface area contributed by atoms with E-state index in [2.05, 4.69) is 54.0 Å². The van der Waals surface area contributed by atoms with Crippen molar-refractivity contribution in [1.82, 2.24) is 0 Å². The van der Waals surface area contributed by atoms with Crippen molar-refractivity contribution >= 4 is 11.8 Å². The van der Waals surface area contributed by atoms with Crippen LogP contribution in [0.3, 0.4) is 0 Å². The van der Waals surface area contributed by atoms with Crippen LogP contribution in [0.1, 0.15) is 25.3 Å². The van der Waals surface area contributed by atoms with Gasteiger partial charge >= 0.3 is 0 Å². The first-order valence-electron chi connectivity index (χ1n) is 7.89. The minimum Gasteiger partial charge on any atom is -0.393 e. The smallest absolute Gasteiger partial charge is 0.0574 e. The number of allylic oxidation sites excluding steroid dienone is 6. The highest BCUT2D eigenvalue weighted by Crippen LogP contribution is 2.21. The zero-order chi connectivity index (χ0) is 15.8. The van der Waals surface area contributed by atoms with E-state index < -0.39 is 0 Å². The van der Waals surface area contributed by atoms with E-state index in [9.17, 15) is 5.11 Å². The maximum absolute atomic E-state index is 9.57. The van der Waals surface area contributed by atoms with Crippen molar-refractivity contribution in [3.63, 3.8) is 0 Å². The largest absolute Gasteiger partial charge is 0.393 e. The summed E-state index contributed by atoms with van der Waals surface area (Å²) < 4.78 is 0. The van der Waals surface area contributed by atoms with Crippen LogP contribution >= 0.6 is 0 Å². The molecular formula is C20H25NO. The Morgan fingerprint density at radius 2 is 1.86 bits per heavy atom. The summed E-state index contributed by atoms with van der Waals surface area (Å²) in [7, 11) is 0. The van der Waals surface area contributed by atoms with Crippen molar-refractivity contribution in [2.75, 3.05) is 18.0 Å². The summed E-state index contributed by atoms with van der Waals surface area (Å²) in [5.41, 5.74) is 3.55. The molecule has 2 rings (SSSR count). The Morgan fingerprint density at radius 1 is 1.18 bits per heavy atom. The number of hydrogen-bond acceptors (Lipinski definition) is 2. The van der Waals surface area contributed by atoms with Crippen molar-refractivity contribution < 1.29 is 5.11 Å². The first kappa shape index (κ1) is 16.3. The molecule has 0 radical (unpaired) electrons. The molecule has 1 aromatic carbocycles. The van der Waals surface area contributed by atoms with Crippen molar-refractivity contribution in [2.45, 2.75) is 25.9 Å². The third-order valence-electron chi connectivity index (χ3n) is 3.86. The monoisotopic (exact) mass is 295 g/mol. The van der Waals surface area contributed by atoms with E-state index in [-0.39, 0.29) is 6.10 Å². The second-order valence-electron chi connectivity index (χ2n) is 5.55. The first-order chi connectivity index (χ1) is 10.7. The molecule has 0 aromatic heterocycles. The van der Waals surface area contributed by atoms with Crippen LogP contribution in [-0.2, 0) is 0 Å². The number of piperidine rings is 1. The maximum atomic E-state index is 9.57. The molecule has 0 saturated carbocycles. The molecule has 1 fully saturated rings. The summed E-state index contributed by atoms with van der Waals surface area (Å²) >= 11 is 0. The van der Waals surface area contributed by atoms with Crippen LogP contribution in [0, 0.1) is 0 Å². The molecular weight excluding hydrogens is 270 g/mol. The zero-order valence-corrected chi connectivity index (χ0v) is 13.3. The van der Waals surface area contributed by atoms with Crippen molar-refractivity contribution in [3.05, 3.63) is 72.4 Å². The molecule has 0 spiro atoms. The molecule has 1 saturated heterocycles. The van der Waals surface area contributed by atoms with Crippen molar-refractivity contribution in [3.8, 4) is 0 Å². The Hall–Kier alpha value is -2.06. The third kappa shape index (κ3) is 4.74. The second-order valence-corrected chi connectivity index (χ2v) is 5.55. The van der Waals surface area contributed by atoms with Gasteiger partial charge in [0.2, 0.25) is 0 Å². The SMILES string of the molecule is C=C/C=C(\C=C/C)/C=C/c1ccc(N2CCC(O)CC2)cc1. The van der Waals surface area contributed by atoms with Gasteiger partial charge in [0.1, 0.15) is 0 Å². The van der Waals surface area contributed by atoms with Gasteiger partial charge in [-0.1, -0.05) is 55.2 Å². The summed E-state index contributed by atoms with van der Waals surface area (Å²) in [5.74, 6) is 0. The van der Waals surface area contributed by atoms with E-state index in [0.29, 0.717) is 0 Å². The molecule has 2 heteroatoms. The van der Waals surface area contributed by atoms with E-state index in [1.165, 1.54) is 11.3 Å². The summed E-state index contributed by atoms with van der Waals surface area (Å²) in [4.78, 5) is 2.34. The molecule has 22 heavy (non-hydrogen) atoms. The fourth-order valence-electron chi connectivity index (χ4n) is 2.61. The van der Waals surface area contributed by atoms with Gasteiger partial charge < -0.3 is 10.0 Å². The van der Waals surface area contributed by atoms with Crippen molar-refractivity contribution in [2.24, 2.45) is 0 Å². The first-order valence-corrected chi connectivity index (χ1v) is 7.89. The Kier molecular flexibility index (Phi) is 6.23. The van der Waals surface area contributed by atoms with Gasteiger partial charge in [0.25, 0.3) is 0 Å². The molecule has 116 valence electrons.